The molecule has 29 heavy (non-hydrogen) atoms. The van der Waals surface area contributed by atoms with E-state index in [1.807, 2.05) is 13.8 Å². The number of ether oxygens (including phenoxy) is 1. The minimum absolute atomic E-state index is 0.0238. The number of aryl methyl sites for hydroxylation is 1. The van der Waals surface area contributed by atoms with Gasteiger partial charge in [0.1, 0.15) is 5.56 Å². The summed E-state index contributed by atoms with van der Waals surface area (Å²) in [4.78, 5) is 50.9. The molecule has 9 heteroatoms. The van der Waals surface area contributed by atoms with Gasteiger partial charge in [-0.25, -0.2) is 4.79 Å². The van der Waals surface area contributed by atoms with Crippen molar-refractivity contribution in [2.75, 3.05) is 18.5 Å². The predicted molar refractivity (Wildman–Crippen MR) is 102 cm³/mol. The fraction of sp³-hybridized carbons (Fsp3) is 0.350. The minimum Gasteiger partial charge on any atom is -0.462 e. The molecule has 2 heterocycles. The van der Waals surface area contributed by atoms with Crippen LogP contribution in [0.15, 0.2) is 22.7 Å². The third-order valence-corrected chi connectivity index (χ3v) is 4.35. The van der Waals surface area contributed by atoms with Crippen molar-refractivity contribution in [3.63, 3.8) is 0 Å². The second-order valence-corrected chi connectivity index (χ2v) is 7.02. The Bertz CT molecular complexity index is 1010. The zero-order valence-corrected chi connectivity index (χ0v) is 16.6. The summed E-state index contributed by atoms with van der Waals surface area (Å²) in [7, 11) is 0. The Hall–Kier alpha value is -3.49. The summed E-state index contributed by atoms with van der Waals surface area (Å²) < 4.78 is 9.98. The van der Waals surface area contributed by atoms with E-state index < -0.39 is 17.8 Å². The summed E-state index contributed by atoms with van der Waals surface area (Å²) in [5, 5.41) is 6.16. The van der Waals surface area contributed by atoms with Gasteiger partial charge < -0.3 is 9.26 Å². The number of rotatable bonds is 6. The lowest BCUT2D eigenvalue weighted by atomic mass is 10.1. The molecule has 1 aromatic heterocycles. The summed E-state index contributed by atoms with van der Waals surface area (Å²) in [5.74, 6) is -2.11. The van der Waals surface area contributed by atoms with Gasteiger partial charge in [-0.05, 0) is 38.0 Å². The second kappa shape index (κ2) is 7.86. The molecule has 0 radical (unpaired) electrons. The smallest absolute Gasteiger partial charge is 0.345 e. The summed E-state index contributed by atoms with van der Waals surface area (Å²) in [6.45, 7) is 7.48. The van der Waals surface area contributed by atoms with E-state index in [9.17, 15) is 19.2 Å². The topological polar surface area (TPSA) is 119 Å². The fourth-order valence-electron chi connectivity index (χ4n) is 3.04. The summed E-state index contributed by atoms with van der Waals surface area (Å²) in [6.07, 6.45) is 0. The summed E-state index contributed by atoms with van der Waals surface area (Å²) in [5.41, 5.74) is 0.867. The number of hydrogen-bond donors (Lipinski definition) is 1. The number of anilines is 1. The average Bonchev–Trinajstić information content (AvgIpc) is 3.14. The third kappa shape index (κ3) is 3.75. The van der Waals surface area contributed by atoms with Gasteiger partial charge in [0.05, 0.1) is 23.4 Å². The van der Waals surface area contributed by atoms with Crippen LogP contribution in [0.3, 0.4) is 0 Å². The SMILES string of the molecule is CCOC(=O)c1c(C)noc1NC(=O)c1ccc2c(c1)C(=O)N(CC(C)C)C2=O. The van der Waals surface area contributed by atoms with E-state index in [2.05, 4.69) is 10.5 Å². The van der Waals surface area contributed by atoms with Gasteiger partial charge in [0.25, 0.3) is 17.7 Å². The highest BCUT2D eigenvalue weighted by molar-refractivity contribution is 6.22. The monoisotopic (exact) mass is 399 g/mol. The lowest BCUT2D eigenvalue weighted by Gasteiger charge is -2.15. The quantitative estimate of drug-likeness (QED) is 0.586. The van der Waals surface area contributed by atoms with E-state index in [4.69, 9.17) is 9.26 Å². The Morgan fingerprint density at radius 1 is 1.21 bits per heavy atom. The van der Waals surface area contributed by atoms with Gasteiger partial charge in [-0.3, -0.25) is 24.6 Å². The van der Waals surface area contributed by atoms with E-state index in [-0.39, 0.29) is 52.3 Å². The molecular formula is C20H21N3O6. The molecule has 3 amide bonds. The maximum absolute atomic E-state index is 12.6. The maximum Gasteiger partial charge on any atom is 0.345 e. The van der Waals surface area contributed by atoms with Crippen LogP contribution in [-0.4, -0.2) is 46.9 Å². The molecule has 0 bridgehead atoms. The van der Waals surface area contributed by atoms with Gasteiger partial charge in [0, 0.05) is 12.1 Å². The summed E-state index contributed by atoms with van der Waals surface area (Å²) in [6, 6.07) is 4.24. The molecule has 1 aliphatic rings. The van der Waals surface area contributed by atoms with Crippen LogP contribution in [0.2, 0.25) is 0 Å². The average molecular weight is 399 g/mol. The molecule has 2 aromatic rings. The first-order valence-corrected chi connectivity index (χ1v) is 9.19. The highest BCUT2D eigenvalue weighted by atomic mass is 16.5. The van der Waals surface area contributed by atoms with Crippen LogP contribution < -0.4 is 5.32 Å². The Kier molecular flexibility index (Phi) is 5.49. The van der Waals surface area contributed by atoms with Crippen LogP contribution in [0, 0.1) is 12.8 Å². The number of carbonyl (C=O) groups is 4. The largest absolute Gasteiger partial charge is 0.462 e. The van der Waals surface area contributed by atoms with Gasteiger partial charge in [-0.2, -0.15) is 0 Å². The number of carbonyl (C=O) groups excluding carboxylic acids is 4. The van der Waals surface area contributed by atoms with Crippen molar-refractivity contribution >= 4 is 29.6 Å². The Morgan fingerprint density at radius 2 is 1.90 bits per heavy atom. The number of hydrogen-bond acceptors (Lipinski definition) is 7. The lowest BCUT2D eigenvalue weighted by Crippen LogP contribution is -2.33. The van der Waals surface area contributed by atoms with Crippen molar-refractivity contribution in [1.29, 1.82) is 0 Å². The van der Waals surface area contributed by atoms with Crippen molar-refractivity contribution in [3.8, 4) is 0 Å². The molecule has 0 saturated carbocycles. The number of fused-ring (bicyclic) bond motifs is 1. The highest BCUT2D eigenvalue weighted by Crippen LogP contribution is 2.26. The molecule has 0 unspecified atom stereocenters. The molecule has 0 fully saturated rings. The minimum atomic E-state index is -0.666. The molecule has 1 aliphatic heterocycles. The van der Waals surface area contributed by atoms with E-state index >= 15 is 0 Å². The first-order chi connectivity index (χ1) is 13.7. The number of esters is 1. The Balaban J connectivity index is 1.85. The molecule has 152 valence electrons. The standard InChI is InChI=1S/C20H21N3O6/c1-5-28-20(27)15-11(4)22-29-17(15)21-16(24)12-6-7-13-14(8-12)19(26)23(18(13)25)9-10(2)3/h6-8,10H,5,9H2,1-4H3,(H,21,24). The van der Waals surface area contributed by atoms with Gasteiger partial charge in [0.2, 0.25) is 5.88 Å². The predicted octanol–water partition coefficient (Wildman–Crippen LogP) is 2.66. The molecule has 0 atom stereocenters. The van der Waals surface area contributed by atoms with Crippen molar-refractivity contribution in [2.24, 2.45) is 5.92 Å². The molecule has 0 aliphatic carbocycles. The molecule has 0 spiro atoms. The molecular weight excluding hydrogens is 378 g/mol. The Morgan fingerprint density at radius 3 is 2.55 bits per heavy atom. The normalized spacial score (nSPS) is 13.1. The molecule has 1 N–H and O–H groups in total. The highest BCUT2D eigenvalue weighted by Gasteiger charge is 2.36. The van der Waals surface area contributed by atoms with Crippen molar-refractivity contribution in [3.05, 3.63) is 46.1 Å². The van der Waals surface area contributed by atoms with Crippen LogP contribution in [0.5, 0.6) is 0 Å². The molecule has 1 aromatic carbocycles. The van der Waals surface area contributed by atoms with E-state index in [1.165, 1.54) is 23.1 Å². The fourth-order valence-corrected chi connectivity index (χ4v) is 3.04. The Labute approximate surface area is 167 Å². The van der Waals surface area contributed by atoms with Crippen LogP contribution >= 0.6 is 0 Å². The second-order valence-electron chi connectivity index (χ2n) is 7.02. The van der Waals surface area contributed by atoms with Crippen LogP contribution in [0.25, 0.3) is 0 Å². The number of benzene rings is 1. The first kappa shape index (κ1) is 20.2. The van der Waals surface area contributed by atoms with Crippen molar-refractivity contribution in [1.82, 2.24) is 10.1 Å². The van der Waals surface area contributed by atoms with Crippen LogP contribution in [0.1, 0.15) is 67.9 Å². The van der Waals surface area contributed by atoms with Gasteiger partial charge in [-0.1, -0.05) is 19.0 Å². The van der Waals surface area contributed by atoms with Crippen LogP contribution in [-0.2, 0) is 4.74 Å². The van der Waals surface area contributed by atoms with Gasteiger partial charge >= 0.3 is 5.97 Å². The number of aromatic nitrogens is 1. The van der Waals surface area contributed by atoms with Crippen molar-refractivity contribution in [2.45, 2.75) is 27.7 Å². The lowest BCUT2D eigenvalue weighted by molar-refractivity contribution is 0.0525. The maximum atomic E-state index is 12.6. The van der Waals surface area contributed by atoms with Crippen molar-refractivity contribution < 1.29 is 28.4 Å². The zero-order valence-electron chi connectivity index (χ0n) is 16.6. The molecule has 3 rings (SSSR count). The number of nitrogens with one attached hydrogen (secondary N) is 1. The van der Waals surface area contributed by atoms with Gasteiger partial charge in [-0.15, -0.1) is 0 Å². The number of nitrogens with zero attached hydrogens (tertiary/aromatic N) is 2. The summed E-state index contributed by atoms with van der Waals surface area (Å²) >= 11 is 0. The van der Waals surface area contributed by atoms with E-state index in [0.717, 1.165) is 0 Å². The number of imide groups is 1. The molecule has 0 saturated heterocycles. The molecule has 9 nitrogen and oxygen atoms in total. The van der Waals surface area contributed by atoms with E-state index in [1.54, 1.807) is 13.8 Å². The van der Waals surface area contributed by atoms with Crippen LogP contribution in [0.4, 0.5) is 5.88 Å². The number of amides is 3. The zero-order chi connectivity index (χ0) is 21.3. The van der Waals surface area contributed by atoms with Gasteiger partial charge in [0.15, 0.2) is 0 Å². The van der Waals surface area contributed by atoms with E-state index in [0.29, 0.717) is 6.54 Å². The third-order valence-electron chi connectivity index (χ3n) is 4.35. The first-order valence-electron chi connectivity index (χ1n) is 9.19.